The SMILES string of the molecule is c1ccc(-c2nc3ccc4nc(-c5ccccc5)n5c4c3n2[Si]52n3c(-c4ccccc4)nc4ccc5nc(-c6ccccc6)n2c5c43)cc1. The van der Waals surface area contributed by atoms with Gasteiger partial charge in [0.25, 0.3) is 0 Å². The summed E-state index contributed by atoms with van der Waals surface area (Å²) in [6.07, 6.45) is 0. The third kappa shape index (κ3) is 2.96. The highest BCUT2D eigenvalue weighted by Gasteiger charge is 2.61. The van der Waals surface area contributed by atoms with E-state index >= 15 is 0 Å². The molecule has 8 nitrogen and oxygen atoms in total. The first-order chi connectivity index (χ1) is 24.3. The highest BCUT2D eigenvalue weighted by molar-refractivity contribution is 6.82. The lowest BCUT2D eigenvalue weighted by Crippen LogP contribution is -2.61. The van der Waals surface area contributed by atoms with Gasteiger partial charge in [-0.25, -0.2) is 19.9 Å². The summed E-state index contributed by atoms with van der Waals surface area (Å²) in [4.78, 5) is 21.7. The van der Waals surface area contributed by atoms with Crippen molar-refractivity contribution >= 4 is 52.9 Å². The van der Waals surface area contributed by atoms with Gasteiger partial charge in [-0.2, -0.15) is 0 Å². The van der Waals surface area contributed by atoms with Crippen LogP contribution in [0, 0.1) is 0 Å². The summed E-state index contributed by atoms with van der Waals surface area (Å²) in [6, 6.07) is 50.9. The predicted molar refractivity (Wildman–Crippen MR) is 195 cm³/mol. The van der Waals surface area contributed by atoms with E-state index in [1.165, 1.54) is 0 Å². The molecule has 0 unspecified atom stereocenters. The number of hydrogen-bond donors (Lipinski definition) is 0. The molecule has 0 saturated carbocycles. The smallest absolute Gasteiger partial charge is 0.295 e. The normalized spacial score (nSPS) is 13.9. The van der Waals surface area contributed by atoms with Gasteiger partial charge >= 0.3 is 8.72 Å². The zero-order valence-corrected chi connectivity index (χ0v) is 26.9. The Hall–Kier alpha value is -6.58. The van der Waals surface area contributed by atoms with E-state index in [4.69, 9.17) is 19.9 Å². The first kappa shape index (κ1) is 25.5. The highest BCUT2D eigenvalue weighted by Crippen LogP contribution is 2.51. The van der Waals surface area contributed by atoms with Crippen LogP contribution in [0.2, 0.25) is 0 Å². The Labute approximate surface area is 280 Å². The van der Waals surface area contributed by atoms with Crippen molar-refractivity contribution in [3.05, 3.63) is 146 Å². The number of hydrogen-bond acceptors (Lipinski definition) is 4. The molecule has 6 aromatic carbocycles. The Bertz CT molecular complexity index is 2560. The van der Waals surface area contributed by atoms with Gasteiger partial charge in [-0.05, 0) is 24.3 Å². The van der Waals surface area contributed by atoms with E-state index in [-0.39, 0.29) is 0 Å². The van der Waals surface area contributed by atoms with Gasteiger partial charge in [0.15, 0.2) is 0 Å². The van der Waals surface area contributed by atoms with Crippen LogP contribution in [0.15, 0.2) is 146 Å². The molecule has 1 spiro atoms. The zero-order chi connectivity index (χ0) is 31.8. The summed E-state index contributed by atoms with van der Waals surface area (Å²) < 4.78 is 10.3. The fourth-order valence-electron chi connectivity index (χ4n) is 8.33. The van der Waals surface area contributed by atoms with Gasteiger partial charge in [-0.1, -0.05) is 121 Å². The van der Waals surface area contributed by atoms with Crippen LogP contribution in [0.4, 0.5) is 0 Å². The second-order valence-corrected chi connectivity index (χ2v) is 15.7. The lowest BCUT2D eigenvalue weighted by molar-refractivity contribution is 0.901. The fraction of sp³-hybridized carbons (Fsp3) is 0. The first-order valence-electron chi connectivity index (χ1n) is 16.4. The standard InChI is InChI=1S/C40H24N8Si/c1-5-13-25(14-6-1)37-41-29-21-22-30-34-33(29)45(37)49(46(34)38(42-30)26-15-7-2-8-16-26)47-35-31(43-39(47)27-17-9-3-10-18-27)23-24-32-36(35)48(49)40(44-32)28-19-11-4-12-20-28/h1-24H. The summed E-state index contributed by atoms with van der Waals surface area (Å²) in [5.41, 5.74) is 12.4. The molecule has 2 aliphatic heterocycles. The maximum atomic E-state index is 5.43. The van der Waals surface area contributed by atoms with Gasteiger partial charge in [-0.15, -0.1) is 0 Å². The lowest BCUT2D eigenvalue weighted by atomic mass is 10.2. The van der Waals surface area contributed by atoms with Crippen molar-refractivity contribution in [2.45, 2.75) is 0 Å². The number of fused-ring (bicyclic) bond motifs is 4. The van der Waals surface area contributed by atoms with Crippen molar-refractivity contribution in [3.63, 3.8) is 0 Å². The number of nitrogens with zero attached hydrogens (tertiary/aromatic N) is 8. The van der Waals surface area contributed by atoms with Crippen molar-refractivity contribution in [2.24, 2.45) is 0 Å². The van der Waals surface area contributed by atoms with Gasteiger partial charge in [0.2, 0.25) is 0 Å². The number of rotatable bonds is 4. The van der Waals surface area contributed by atoms with Gasteiger partial charge in [0, 0.05) is 22.3 Å². The molecule has 49 heavy (non-hydrogen) atoms. The minimum Gasteiger partial charge on any atom is -0.295 e. The van der Waals surface area contributed by atoms with Crippen LogP contribution >= 0.6 is 0 Å². The van der Waals surface area contributed by atoms with E-state index in [1.54, 1.807) is 0 Å². The second-order valence-electron chi connectivity index (χ2n) is 12.7. The maximum absolute atomic E-state index is 5.43. The van der Waals surface area contributed by atoms with Crippen molar-refractivity contribution in [1.82, 2.24) is 36.9 Å². The molecule has 0 bridgehead atoms. The molecule has 0 atom stereocenters. The fourth-order valence-corrected chi connectivity index (χ4v) is 13.5. The van der Waals surface area contributed by atoms with Gasteiger partial charge in [0.05, 0.1) is 44.1 Å². The topological polar surface area (TPSA) is 71.3 Å². The summed E-state index contributed by atoms with van der Waals surface area (Å²) in [7, 11) is -3.56. The molecule has 0 N–H and O–H groups in total. The van der Waals surface area contributed by atoms with E-state index in [2.05, 4.69) is 163 Å². The Morgan fingerprint density at radius 3 is 0.735 bits per heavy atom. The Morgan fingerprint density at radius 1 is 0.286 bits per heavy atom. The lowest BCUT2D eigenvalue weighted by Gasteiger charge is -2.33. The van der Waals surface area contributed by atoms with Crippen LogP contribution in [0.25, 0.3) is 89.7 Å². The number of imidazole rings is 4. The van der Waals surface area contributed by atoms with E-state index in [0.717, 1.165) is 89.7 Å². The maximum Gasteiger partial charge on any atom is 0.527 e. The van der Waals surface area contributed by atoms with Crippen molar-refractivity contribution < 1.29 is 0 Å². The van der Waals surface area contributed by atoms with Crippen LogP contribution in [0.1, 0.15) is 0 Å². The van der Waals surface area contributed by atoms with Gasteiger partial charge in [0.1, 0.15) is 23.3 Å². The minimum atomic E-state index is -3.56. The van der Waals surface area contributed by atoms with E-state index in [1.807, 2.05) is 0 Å². The van der Waals surface area contributed by atoms with Crippen LogP contribution < -0.4 is 0 Å². The molecule has 0 saturated heterocycles. The number of benzene rings is 6. The third-order valence-electron chi connectivity index (χ3n) is 10.2. The molecule has 9 heteroatoms. The van der Waals surface area contributed by atoms with E-state index < -0.39 is 8.72 Å². The molecule has 0 amide bonds. The first-order valence-corrected chi connectivity index (χ1v) is 18.2. The van der Waals surface area contributed by atoms with Crippen molar-refractivity contribution in [2.75, 3.05) is 0 Å². The summed E-state index contributed by atoms with van der Waals surface area (Å²) >= 11 is 0. The monoisotopic (exact) mass is 644 g/mol. The molecule has 6 heterocycles. The molecule has 10 aromatic rings. The molecule has 228 valence electrons. The quantitative estimate of drug-likeness (QED) is 0.181. The zero-order valence-electron chi connectivity index (χ0n) is 25.9. The van der Waals surface area contributed by atoms with Crippen molar-refractivity contribution in [3.8, 4) is 45.6 Å². The average Bonchev–Trinajstić information content (AvgIpc) is 4.00. The van der Waals surface area contributed by atoms with Crippen LogP contribution in [0.5, 0.6) is 0 Å². The molecular weight excluding hydrogens is 621 g/mol. The molecular formula is C40H24N8Si. The van der Waals surface area contributed by atoms with Crippen LogP contribution in [-0.4, -0.2) is 45.6 Å². The second kappa shape index (κ2) is 8.85. The minimum absolute atomic E-state index is 0.923. The van der Waals surface area contributed by atoms with Crippen molar-refractivity contribution in [1.29, 1.82) is 0 Å². The molecule has 4 aromatic heterocycles. The summed E-state index contributed by atoms with van der Waals surface area (Å²) in [6.45, 7) is 0. The summed E-state index contributed by atoms with van der Waals surface area (Å²) in [5.74, 6) is 3.69. The van der Waals surface area contributed by atoms with Crippen LogP contribution in [-0.2, 0) is 0 Å². The molecule has 0 aliphatic carbocycles. The highest BCUT2D eigenvalue weighted by atomic mass is 28.4. The Balaban J connectivity index is 1.37. The Kier molecular flexibility index (Phi) is 4.61. The molecule has 0 radical (unpaired) electrons. The number of aromatic nitrogens is 8. The van der Waals surface area contributed by atoms with E-state index in [0.29, 0.717) is 0 Å². The Morgan fingerprint density at radius 2 is 0.510 bits per heavy atom. The average molecular weight is 645 g/mol. The van der Waals surface area contributed by atoms with Crippen LogP contribution in [0.3, 0.4) is 0 Å². The predicted octanol–water partition coefficient (Wildman–Crippen LogP) is 8.31. The third-order valence-corrected chi connectivity index (χ3v) is 14.3. The molecule has 0 fully saturated rings. The summed E-state index contributed by atoms with van der Waals surface area (Å²) in [5, 5.41) is 0. The van der Waals surface area contributed by atoms with E-state index in [9.17, 15) is 0 Å². The molecule has 2 aliphatic rings. The largest absolute Gasteiger partial charge is 0.527 e. The van der Waals surface area contributed by atoms with Gasteiger partial charge < -0.3 is 0 Å². The molecule has 12 rings (SSSR count). The van der Waals surface area contributed by atoms with Gasteiger partial charge in [-0.3, -0.25) is 16.9 Å².